The lowest BCUT2D eigenvalue weighted by atomic mass is 10.4. The van der Waals surface area contributed by atoms with Crippen LogP contribution in [0.3, 0.4) is 0 Å². The van der Waals surface area contributed by atoms with Gasteiger partial charge < -0.3 is 19.6 Å². The number of H-pyrrole nitrogens is 1. The Morgan fingerprint density at radius 2 is 2.29 bits per heavy atom. The summed E-state index contributed by atoms with van der Waals surface area (Å²) in [6, 6.07) is 0. The molecule has 0 aliphatic rings. The number of rotatable bonds is 5. The van der Waals surface area contributed by atoms with Crippen LogP contribution in [0.2, 0.25) is 0 Å². The second-order valence-electron chi connectivity index (χ2n) is 3.55. The minimum Gasteiger partial charge on any atom is -0.390 e. The minimum absolute atomic E-state index is 0.0368. The van der Waals surface area contributed by atoms with Crippen molar-refractivity contribution in [2.24, 2.45) is 0 Å². The van der Waals surface area contributed by atoms with Crippen molar-refractivity contribution in [3.05, 3.63) is 16.7 Å². The van der Waals surface area contributed by atoms with E-state index in [9.17, 15) is 0 Å². The highest BCUT2D eigenvalue weighted by Gasteiger charge is 2.02. The first-order valence-electron chi connectivity index (χ1n) is 4.68. The van der Waals surface area contributed by atoms with Gasteiger partial charge in [0.15, 0.2) is 4.77 Å². The number of aromatic nitrogens is 2. The van der Waals surface area contributed by atoms with E-state index >= 15 is 0 Å². The van der Waals surface area contributed by atoms with Crippen molar-refractivity contribution in [1.29, 1.82) is 0 Å². The van der Waals surface area contributed by atoms with Crippen LogP contribution < -0.4 is 0 Å². The molecule has 0 atom stereocenters. The summed E-state index contributed by atoms with van der Waals surface area (Å²) in [6.07, 6.45) is 2.80. The normalized spacial score (nSPS) is 11.1. The number of nitrogens with one attached hydrogen (secondary N) is 1. The summed E-state index contributed by atoms with van der Waals surface area (Å²) in [5, 5.41) is 9.04. The first kappa shape index (κ1) is 11.4. The molecule has 0 radical (unpaired) electrons. The molecule has 0 saturated carbocycles. The van der Waals surface area contributed by atoms with Gasteiger partial charge in [0.1, 0.15) is 0 Å². The lowest BCUT2D eigenvalue weighted by Crippen LogP contribution is -2.15. The van der Waals surface area contributed by atoms with E-state index < -0.39 is 0 Å². The maximum Gasteiger partial charge on any atom is 0.177 e. The first-order chi connectivity index (χ1) is 6.65. The Balaban J connectivity index is 2.57. The van der Waals surface area contributed by atoms with Crippen molar-refractivity contribution < 1.29 is 5.11 Å². The van der Waals surface area contributed by atoms with Gasteiger partial charge in [-0.3, -0.25) is 0 Å². The molecule has 0 amide bonds. The minimum atomic E-state index is 0.0368. The highest BCUT2D eigenvalue weighted by atomic mass is 32.1. The van der Waals surface area contributed by atoms with Gasteiger partial charge in [-0.05, 0) is 39.3 Å². The van der Waals surface area contributed by atoms with E-state index in [1.54, 1.807) is 6.20 Å². The fraction of sp³-hybridized carbons (Fsp3) is 0.667. The van der Waals surface area contributed by atoms with E-state index in [0.29, 0.717) is 4.77 Å². The number of imidazole rings is 1. The zero-order valence-corrected chi connectivity index (χ0v) is 9.47. The molecule has 0 aliphatic carbocycles. The van der Waals surface area contributed by atoms with E-state index in [4.69, 9.17) is 17.3 Å². The third-order valence-electron chi connectivity index (χ3n) is 2.10. The molecular formula is C9H17N3OS. The molecule has 0 unspecified atom stereocenters. The molecule has 5 heteroatoms. The third kappa shape index (κ3) is 2.94. The van der Waals surface area contributed by atoms with Gasteiger partial charge in [-0.1, -0.05) is 0 Å². The summed E-state index contributed by atoms with van der Waals surface area (Å²) in [6.45, 7) is 1.92. The number of aromatic amines is 1. The number of aliphatic hydroxyl groups excluding tert-OH is 1. The second kappa shape index (κ2) is 5.29. The van der Waals surface area contributed by atoms with E-state index in [2.05, 4.69) is 9.88 Å². The van der Waals surface area contributed by atoms with Gasteiger partial charge >= 0.3 is 0 Å². The van der Waals surface area contributed by atoms with Gasteiger partial charge in [-0.2, -0.15) is 0 Å². The average Bonchev–Trinajstić information content (AvgIpc) is 2.47. The summed E-state index contributed by atoms with van der Waals surface area (Å²) in [5.41, 5.74) is 0.855. The van der Waals surface area contributed by atoms with E-state index in [0.717, 1.165) is 25.2 Å². The summed E-state index contributed by atoms with van der Waals surface area (Å²) >= 11 is 5.10. The highest BCUT2D eigenvalue weighted by Crippen LogP contribution is 2.03. The van der Waals surface area contributed by atoms with Crippen LogP contribution in [-0.2, 0) is 13.2 Å². The van der Waals surface area contributed by atoms with Crippen molar-refractivity contribution in [2.45, 2.75) is 19.6 Å². The SMILES string of the molecule is CN(C)CCCn1c(CO)c[nH]c1=S. The van der Waals surface area contributed by atoms with E-state index in [1.807, 2.05) is 18.7 Å². The van der Waals surface area contributed by atoms with Gasteiger partial charge in [0, 0.05) is 12.7 Å². The Kier molecular flexibility index (Phi) is 4.31. The van der Waals surface area contributed by atoms with Crippen molar-refractivity contribution in [2.75, 3.05) is 20.6 Å². The zero-order chi connectivity index (χ0) is 10.6. The van der Waals surface area contributed by atoms with Gasteiger partial charge in [0.2, 0.25) is 0 Å². The Labute approximate surface area is 89.2 Å². The quantitative estimate of drug-likeness (QED) is 0.720. The predicted octanol–water partition coefficient (Wildman–Crippen LogP) is 0.990. The molecule has 14 heavy (non-hydrogen) atoms. The molecule has 80 valence electrons. The largest absolute Gasteiger partial charge is 0.390 e. The van der Waals surface area contributed by atoms with Crippen LogP contribution >= 0.6 is 12.2 Å². The monoisotopic (exact) mass is 215 g/mol. The Hall–Kier alpha value is -0.650. The number of hydrogen-bond acceptors (Lipinski definition) is 3. The lowest BCUT2D eigenvalue weighted by molar-refractivity contribution is 0.269. The summed E-state index contributed by atoms with van der Waals surface area (Å²) in [4.78, 5) is 5.06. The highest BCUT2D eigenvalue weighted by molar-refractivity contribution is 7.71. The zero-order valence-electron chi connectivity index (χ0n) is 8.66. The Morgan fingerprint density at radius 3 is 2.86 bits per heavy atom. The maximum atomic E-state index is 9.04. The molecule has 0 saturated heterocycles. The average molecular weight is 215 g/mol. The van der Waals surface area contributed by atoms with Crippen molar-refractivity contribution in [1.82, 2.24) is 14.5 Å². The molecule has 0 spiro atoms. The van der Waals surface area contributed by atoms with Crippen LogP contribution in [-0.4, -0.2) is 40.2 Å². The molecule has 2 N–H and O–H groups in total. The van der Waals surface area contributed by atoms with Crippen molar-refractivity contribution >= 4 is 12.2 Å². The molecule has 1 aromatic rings. The van der Waals surface area contributed by atoms with Crippen LogP contribution in [0.4, 0.5) is 0 Å². The molecule has 0 aliphatic heterocycles. The summed E-state index contributed by atoms with van der Waals surface area (Å²) < 4.78 is 2.63. The number of nitrogens with zero attached hydrogens (tertiary/aromatic N) is 2. The molecule has 0 aromatic carbocycles. The predicted molar refractivity (Wildman–Crippen MR) is 58.7 cm³/mol. The van der Waals surface area contributed by atoms with Crippen molar-refractivity contribution in [3.8, 4) is 0 Å². The standard InChI is InChI=1S/C9H17N3OS/c1-11(2)4-3-5-12-8(7-13)6-10-9(12)14/h6,13H,3-5,7H2,1-2H3,(H,10,14). The van der Waals surface area contributed by atoms with Crippen LogP contribution in [0.25, 0.3) is 0 Å². The Bertz CT molecular complexity index is 329. The second-order valence-corrected chi connectivity index (χ2v) is 3.94. The van der Waals surface area contributed by atoms with E-state index in [-0.39, 0.29) is 6.61 Å². The van der Waals surface area contributed by atoms with Gasteiger partial charge in [0.05, 0.1) is 12.3 Å². The van der Waals surface area contributed by atoms with Crippen LogP contribution in [0.1, 0.15) is 12.1 Å². The van der Waals surface area contributed by atoms with Crippen LogP contribution in [0, 0.1) is 4.77 Å². The van der Waals surface area contributed by atoms with Gasteiger partial charge in [-0.25, -0.2) is 0 Å². The van der Waals surface area contributed by atoms with Crippen LogP contribution in [0.5, 0.6) is 0 Å². The fourth-order valence-electron chi connectivity index (χ4n) is 1.35. The molecule has 0 bridgehead atoms. The summed E-state index contributed by atoms with van der Waals surface area (Å²) in [7, 11) is 4.09. The van der Waals surface area contributed by atoms with E-state index in [1.165, 1.54) is 0 Å². The van der Waals surface area contributed by atoms with Gasteiger partial charge in [0.25, 0.3) is 0 Å². The number of hydrogen-bond donors (Lipinski definition) is 2. The smallest absolute Gasteiger partial charge is 0.177 e. The molecule has 1 aromatic heterocycles. The summed E-state index contributed by atoms with van der Waals surface area (Å²) in [5.74, 6) is 0. The van der Waals surface area contributed by atoms with Gasteiger partial charge in [-0.15, -0.1) is 0 Å². The molecule has 1 heterocycles. The maximum absolute atomic E-state index is 9.04. The fourth-order valence-corrected chi connectivity index (χ4v) is 1.62. The topological polar surface area (TPSA) is 44.2 Å². The van der Waals surface area contributed by atoms with Crippen molar-refractivity contribution in [3.63, 3.8) is 0 Å². The molecule has 1 rings (SSSR count). The molecule has 4 nitrogen and oxygen atoms in total. The number of aliphatic hydroxyl groups is 1. The first-order valence-corrected chi connectivity index (χ1v) is 5.08. The third-order valence-corrected chi connectivity index (χ3v) is 2.44. The molecule has 0 fully saturated rings. The molecular weight excluding hydrogens is 198 g/mol. The van der Waals surface area contributed by atoms with Crippen LogP contribution in [0.15, 0.2) is 6.20 Å². The Morgan fingerprint density at radius 1 is 1.57 bits per heavy atom. The lowest BCUT2D eigenvalue weighted by Gasteiger charge is -2.10.